The van der Waals surface area contributed by atoms with Gasteiger partial charge in [-0.25, -0.2) is 4.79 Å². The van der Waals surface area contributed by atoms with Gasteiger partial charge in [0.25, 0.3) is 5.91 Å². The first-order valence-corrected chi connectivity index (χ1v) is 8.68. The molecule has 0 saturated carbocycles. The molecule has 1 aliphatic heterocycles. The molecule has 1 heterocycles. The van der Waals surface area contributed by atoms with Crippen LogP contribution in [0, 0.1) is 0 Å². The molecular formula is C21H26N2O2. The Morgan fingerprint density at radius 2 is 1.40 bits per heavy atom. The average molecular weight is 338 g/mol. The molecule has 1 aliphatic rings. The molecule has 1 saturated heterocycles. The Morgan fingerprint density at radius 3 is 1.96 bits per heavy atom. The van der Waals surface area contributed by atoms with Gasteiger partial charge in [0.05, 0.1) is 0 Å². The summed E-state index contributed by atoms with van der Waals surface area (Å²) in [6.45, 7) is 11.6. The molecule has 25 heavy (non-hydrogen) atoms. The van der Waals surface area contributed by atoms with Gasteiger partial charge >= 0.3 is 6.03 Å². The van der Waals surface area contributed by atoms with Gasteiger partial charge in [-0.2, -0.15) is 0 Å². The quantitative estimate of drug-likeness (QED) is 0.705. The third kappa shape index (κ3) is 2.90. The summed E-state index contributed by atoms with van der Waals surface area (Å²) in [4.78, 5) is 29.4. The van der Waals surface area contributed by atoms with Crippen LogP contribution in [0.2, 0.25) is 0 Å². The molecule has 2 aromatic carbocycles. The largest absolute Gasteiger partial charge is 0.328 e. The fourth-order valence-electron chi connectivity index (χ4n) is 3.51. The number of hydrogen-bond donors (Lipinski definition) is 0. The normalized spacial score (nSPS) is 19.2. The number of rotatable bonds is 1. The van der Waals surface area contributed by atoms with Gasteiger partial charge in [0.15, 0.2) is 0 Å². The molecule has 3 rings (SSSR count). The van der Waals surface area contributed by atoms with E-state index in [1.165, 1.54) is 4.90 Å². The Labute approximate surface area is 149 Å². The number of urea groups is 1. The Kier molecular flexibility index (Phi) is 3.90. The second kappa shape index (κ2) is 5.58. The van der Waals surface area contributed by atoms with E-state index in [1.54, 1.807) is 4.90 Å². The monoisotopic (exact) mass is 338 g/mol. The summed E-state index contributed by atoms with van der Waals surface area (Å²) in [6, 6.07) is 13.3. The van der Waals surface area contributed by atoms with Crippen molar-refractivity contribution < 1.29 is 9.59 Å². The highest BCUT2D eigenvalue weighted by Gasteiger charge is 2.53. The lowest BCUT2D eigenvalue weighted by atomic mass is 9.97. The number of fused-ring (bicyclic) bond motifs is 1. The molecule has 0 aromatic heterocycles. The van der Waals surface area contributed by atoms with E-state index in [2.05, 4.69) is 0 Å². The number of carbonyl (C=O) groups excluding carboxylic acids is 2. The van der Waals surface area contributed by atoms with Crippen molar-refractivity contribution in [3.05, 3.63) is 48.0 Å². The first-order chi connectivity index (χ1) is 11.5. The van der Waals surface area contributed by atoms with Crippen LogP contribution in [0.1, 0.15) is 53.1 Å². The highest BCUT2D eigenvalue weighted by atomic mass is 16.2. The minimum Gasteiger partial charge on any atom is -0.303 e. The number of carbonyl (C=O) groups is 2. The fourth-order valence-corrected chi connectivity index (χ4v) is 3.51. The molecule has 0 aliphatic carbocycles. The number of benzene rings is 2. The van der Waals surface area contributed by atoms with Crippen molar-refractivity contribution in [3.8, 4) is 0 Å². The molecule has 2 aromatic rings. The summed E-state index contributed by atoms with van der Waals surface area (Å²) < 4.78 is 0. The predicted octanol–water partition coefficient (Wildman–Crippen LogP) is 4.74. The molecule has 132 valence electrons. The van der Waals surface area contributed by atoms with Gasteiger partial charge in [0.1, 0.15) is 6.04 Å². The summed E-state index contributed by atoms with van der Waals surface area (Å²) >= 11 is 0. The molecule has 1 unspecified atom stereocenters. The maximum Gasteiger partial charge on any atom is 0.328 e. The number of hydrogen-bond acceptors (Lipinski definition) is 2. The van der Waals surface area contributed by atoms with Crippen LogP contribution in [-0.2, 0) is 4.79 Å². The summed E-state index contributed by atoms with van der Waals surface area (Å²) in [6.07, 6.45) is 0. The van der Waals surface area contributed by atoms with E-state index in [0.29, 0.717) is 0 Å². The average Bonchev–Trinajstić information content (AvgIpc) is 2.77. The minimum atomic E-state index is -0.587. The van der Waals surface area contributed by atoms with Gasteiger partial charge in [0.2, 0.25) is 0 Å². The maximum atomic E-state index is 13.2. The zero-order chi connectivity index (χ0) is 18.6. The van der Waals surface area contributed by atoms with Crippen LogP contribution >= 0.6 is 0 Å². The van der Waals surface area contributed by atoms with Gasteiger partial charge in [-0.15, -0.1) is 0 Å². The van der Waals surface area contributed by atoms with Gasteiger partial charge in [-0.3, -0.25) is 9.69 Å². The highest BCUT2D eigenvalue weighted by molar-refractivity contribution is 6.06. The molecule has 4 nitrogen and oxygen atoms in total. The maximum absolute atomic E-state index is 13.2. The van der Waals surface area contributed by atoms with Crippen LogP contribution in [0.5, 0.6) is 0 Å². The fraction of sp³-hybridized carbons (Fsp3) is 0.429. The van der Waals surface area contributed by atoms with E-state index in [9.17, 15) is 9.59 Å². The number of nitrogens with zero attached hydrogens (tertiary/aromatic N) is 2. The Bertz CT molecular complexity index is 843. The lowest BCUT2D eigenvalue weighted by molar-refractivity contribution is -0.131. The smallest absolute Gasteiger partial charge is 0.303 e. The first kappa shape index (κ1) is 17.5. The summed E-state index contributed by atoms with van der Waals surface area (Å²) in [5.74, 6) is -0.150. The SMILES string of the molecule is CC(C)(C)N1C(=O)C(c2ccc3ccccc3c2)N(C(C)(C)C)C1=O. The molecule has 4 heteroatoms. The molecule has 0 spiro atoms. The Morgan fingerprint density at radius 1 is 0.800 bits per heavy atom. The molecule has 0 radical (unpaired) electrons. The molecule has 0 N–H and O–H groups in total. The topological polar surface area (TPSA) is 40.6 Å². The van der Waals surface area contributed by atoms with Gasteiger partial charge in [-0.05, 0) is 63.9 Å². The minimum absolute atomic E-state index is 0.150. The zero-order valence-electron chi connectivity index (χ0n) is 15.8. The van der Waals surface area contributed by atoms with E-state index < -0.39 is 17.1 Å². The first-order valence-electron chi connectivity index (χ1n) is 8.68. The lowest BCUT2D eigenvalue weighted by Gasteiger charge is -2.36. The van der Waals surface area contributed by atoms with Crippen molar-refractivity contribution >= 4 is 22.7 Å². The van der Waals surface area contributed by atoms with Crippen molar-refractivity contribution in [2.45, 2.75) is 58.7 Å². The molecule has 3 amide bonds. The van der Waals surface area contributed by atoms with E-state index in [4.69, 9.17) is 0 Å². The van der Waals surface area contributed by atoms with E-state index in [1.807, 2.05) is 84.0 Å². The van der Waals surface area contributed by atoms with Gasteiger partial charge in [-0.1, -0.05) is 36.4 Å². The van der Waals surface area contributed by atoms with Crippen LogP contribution in [0.4, 0.5) is 4.79 Å². The van der Waals surface area contributed by atoms with Crippen LogP contribution in [0.25, 0.3) is 10.8 Å². The second-order valence-corrected chi connectivity index (χ2v) is 8.68. The summed E-state index contributed by atoms with van der Waals surface area (Å²) in [5, 5.41) is 2.20. The molecule has 1 atom stereocenters. The van der Waals surface area contributed by atoms with Crippen LogP contribution in [-0.4, -0.2) is 32.8 Å². The van der Waals surface area contributed by atoms with Crippen LogP contribution < -0.4 is 0 Å². The Hall–Kier alpha value is -2.36. The highest BCUT2D eigenvalue weighted by Crippen LogP contribution is 2.40. The van der Waals surface area contributed by atoms with Crippen molar-refractivity contribution in [3.63, 3.8) is 0 Å². The van der Waals surface area contributed by atoms with E-state index >= 15 is 0 Å². The van der Waals surface area contributed by atoms with Gasteiger partial charge < -0.3 is 4.90 Å². The lowest BCUT2D eigenvalue weighted by Crippen LogP contribution is -2.49. The van der Waals surface area contributed by atoms with Crippen LogP contribution in [0.3, 0.4) is 0 Å². The van der Waals surface area contributed by atoms with Gasteiger partial charge in [0, 0.05) is 11.1 Å². The van der Waals surface area contributed by atoms with Crippen molar-refractivity contribution in [1.29, 1.82) is 0 Å². The predicted molar refractivity (Wildman–Crippen MR) is 100 cm³/mol. The zero-order valence-corrected chi connectivity index (χ0v) is 15.8. The Balaban J connectivity index is 2.16. The molecular weight excluding hydrogens is 312 g/mol. The van der Waals surface area contributed by atoms with E-state index in [-0.39, 0.29) is 11.9 Å². The van der Waals surface area contributed by atoms with Crippen molar-refractivity contribution in [1.82, 2.24) is 9.80 Å². The third-order valence-electron chi connectivity index (χ3n) is 4.59. The molecule has 0 bridgehead atoms. The van der Waals surface area contributed by atoms with Crippen molar-refractivity contribution in [2.75, 3.05) is 0 Å². The van der Waals surface area contributed by atoms with Crippen molar-refractivity contribution in [2.24, 2.45) is 0 Å². The standard InChI is InChI=1S/C21H26N2O2/c1-20(2,3)22-17(18(24)23(19(22)25)21(4,5)6)16-12-11-14-9-7-8-10-15(14)13-16/h7-13,17H,1-6H3. The number of imide groups is 1. The summed E-state index contributed by atoms with van der Waals surface area (Å²) in [7, 11) is 0. The summed E-state index contributed by atoms with van der Waals surface area (Å²) in [5.41, 5.74) is -0.148. The van der Waals surface area contributed by atoms with Crippen LogP contribution in [0.15, 0.2) is 42.5 Å². The molecule has 1 fully saturated rings. The number of amides is 3. The van der Waals surface area contributed by atoms with E-state index in [0.717, 1.165) is 16.3 Å². The second-order valence-electron chi connectivity index (χ2n) is 8.68. The third-order valence-corrected chi connectivity index (χ3v) is 4.59.